The average molecular weight is 405 g/mol. The molecule has 0 unspecified atom stereocenters. The minimum atomic E-state index is -2.93. The van der Waals surface area contributed by atoms with Gasteiger partial charge in [-0.3, -0.25) is 18.9 Å². The molecule has 28 heavy (non-hydrogen) atoms. The topological polar surface area (TPSA) is 52.7 Å². The highest BCUT2D eigenvalue weighted by molar-refractivity contribution is 6.31. The molecule has 3 heterocycles. The minimum Gasteiger partial charge on any atom is -0.273 e. The number of rotatable bonds is 3. The summed E-state index contributed by atoms with van der Waals surface area (Å²) in [6, 6.07) is 5.75. The van der Waals surface area contributed by atoms with Crippen LogP contribution < -0.4 is 5.56 Å². The van der Waals surface area contributed by atoms with Crippen molar-refractivity contribution in [1.82, 2.24) is 19.1 Å². The number of pyridine rings is 2. The second kappa shape index (κ2) is 6.07. The normalized spacial score (nSPS) is 14.5. The molecule has 1 aromatic carbocycles. The van der Waals surface area contributed by atoms with Crippen molar-refractivity contribution in [2.45, 2.75) is 25.3 Å². The van der Waals surface area contributed by atoms with Crippen molar-refractivity contribution in [1.29, 1.82) is 0 Å². The molecule has 0 N–H and O–H groups in total. The molecule has 1 saturated carbocycles. The molecule has 0 atom stereocenters. The van der Waals surface area contributed by atoms with Crippen molar-refractivity contribution in [3.63, 3.8) is 0 Å². The van der Waals surface area contributed by atoms with E-state index in [1.165, 1.54) is 10.6 Å². The zero-order valence-corrected chi connectivity index (χ0v) is 15.0. The number of fused-ring (bicyclic) bond motifs is 3. The smallest absolute Gasteiger partial charge is 0.273 e. The zero-order chi connectivity index (χ0) is 19.6. The van der Waals surface area contributed by atoms with Gasteiger partial charge >= 0.3 is 6.55 Å². The molecule has 9 heteroatoms. The lowest BCUT2D eigenvalue weighted by Crippen LogP contribution is -2.21. The quantitative estimate of drug-likeness (QED) is 0.493. The first-order valence-electron chi connectivity index (χ1n) is 8.61. The van der Waals surface area contributed by atoms with Crippen LogP contribution in [0, 0.1) is 5.82 Å². The van der Waals surface area contributed by atoms with E-state index < -0.39 is 17.9 Å². The van der Waals surface area contributed by atoms with E-state index in [1.54, 1.807) is 18.3 Å². The Bertz CT molecular complexity index is 1310. The first-order chi connectivity index (χ1) is 13.5. The highest BCUT2D eigenvalue weighted by Crippen LogP contribution is 2.42. The van der Waals surface area contributed by atoms with E-state index in [0.717, 1.165) is 30.9 Å². The fraction of sp³-hybridized carbons (Fsp3) is 0.211. The van der Waals surface area contributed by atoms with Crippen LogP contribution in [0.25, 0.3) is 27.6 Å². The zero-order valence-electron chi connectivity index (χ0n) is 14.2. The van der Waals surface area contributed by atoms with Crippen LogP contribution in [0.15, 0.2) is 41.6 Å². The summed E-state index contributed by atoms with van der Waals surface area (Å²) in [4.78, 5) is 21.5. The highest BCUT2D eigenvalue weighted by Gasteiger charge is 2.30. The molecule has 1 aliphatic rings. The number of benzene rings is 1. The molecule has 5 nitrogen and oxygen atoms in total. The first-order valence-corrected chi connectivity index (χ1v) is 8.99. The van der Waals surface area contributed by atoms with Gasteiger partial charge in [0.1, 0.15) is 12.1 Å². The van der Waals surface area contributed by atoms with Crippen molar-refractivity contribution >= 4 is 33.5 Å². The molecule has 4 aromatic rings. The number of hydrogen-bond donors (Lipinski definition) is 0. The van der Waals surface area contributed by atoms with Crippen LogP contribution in [0.2, 0.25) is 5.02 Å². The summed E-state index contributed by atoms with van der Waals surface area (Å²) in [6.45, 7) is -2.93. The van der Waals surface area contributed by atoms with Crippen LogP contribution in [-0.2, 0) is 0 Å². The van der Waals surface area contributed by atoms with Gasteiger partial charge in [0.2, 0.25) is 0 Å². The SMILES string of the molecule is O=c1c2ncn(C(F)F)c2c2cc(F)c(Cl)cc2n1-c1cccnc1C1CC1. The summed E-state index contributed by atoms with van der Waals surface area (Å²) in [5, 5.41) is -0.0834. The van der Waals surface area contributed by atoms with E-state index in [-0.39, 0.29) is 32.9 Å². The summed E-state index contributed by atoms with van der Waals surface area (Å²) in [7, 11) is 0. The third-order valence-corrected chi connectivity index (χ3v) is 5.26. The monoisotopic (exact) mass is 404 g/mol. The molecule has 142 valence electrons. The Morgan fingerprint density at radius 1 is 1.21 bits per heavy atom. The van der Waals surface area contributed by atoms with Gasteiger partial charge in [0.05, 0.1) is 27.4 Å². The van der Waals surface area contributed by atoms with E-state index in [0.29, 0.717) is 10.3 Å². The lowest BCUT2D eigenvalue weighted by atomic mass is 10.1. The van der Waals surface area contributed by atoms with Crippen molar-refractivity contribution in [3.05, 3.63) is 63.7 Å². The van der Waals surface area contributed by atoms with E-state index in [4.69, 9.17) is 11.6 Å². The van der Waals surface area contributed by atoms with Gasteiger partial charge in [-0.1, -0.05) is 11.6 Å². The van der Waals surface area contributed by atoms with Crippen LogP contribution in [0.1, 0.15) is 31.0 Å². The second-order valence-corrected chi connectivity index (χ2v) is 7.14. The predicted molar refractivity (Wildman–Crippen MR) is 98.8 cm³/mol. The predicted octanol–water partition coefficient (Wildman–Crippen LogP) is 4.80. The molecular weight excluding hydrogens is 393 g/mol. The number of nitrogens with zero attached hydrogens (tertiary/aromatic N) is 4. The van der Waals surface area contributed by atoms with E-state index >= 15 is 0 Å². The molecule has 1 aliphatic carbocycles. The van der Waals surface area contributed by atoms with Gasteiger partial charge in [-0.15, -0.1) is 0 Å². The van der Waals surface area contributed by atoms with Crippen molar-refractivity contribution in [2.24, 2.45) is 0 Å². The first kappa shape index (κ1) is 17.2. The number of hydrogen-bond acceptors (Lipinski definition) is 3. The lowest BCUT2D eigenvalue weighted by Gasteiger charge is -2.15. The number of aromatic nitrogens is 4. The Labute approximate surface area is 161 Å². The summed E-state index contributed by atoms with van der Waals surface area (Å²) >= 11 is 5.96. The second-order valence-electron chi connectivity index (χ2n) is 6.73. The Kier molecular flexibility index (Phi) is 3.74. The molecule has 0 spiro atoms. The maximum atomic E-state index is 14.2. The summed E-state index contributed by atoms with van der Waals surface area (Å²) in [6.07, 6.45) is 4.43. The number of imidazole rings is 1. The average Bonchev–Trinajstić information content (AvgIpc) is 3.41. The van der Waals surface area contributed by atoms with Crippen molar-refractivity contribution < 1.29 is 13.2 Å². The highest BCUT2D eigenvalue weighted by atomic mass is 35.5. The van der Waals surface area contributed by atoms with Crippen LogP contribution in [-0.4, -0.2) is 19.1 Å². The third kappa shape index (κ3) is 2.44. The van der Waals surface area contributed by atoms with Gasteiger partial charge in [-0.2, -0.15) is 8.78 Å². The molecule has 1 fully saturated rings. The summed E-state index contributed by atoms with van der Waals surface area (Å²) < 4.78 is 43.0. The molecule has 0 aliphatic heterocycles. The molecule has 0 bridgehead atoms. The summed E-state index contributed by atoms with van der Waals surface area (Å²) in [5.41, 5.74) is 0.606. The van der Waals surface area contributed by atoms with Gasteiger partial charge in [-0.25, -0.2) is 9.37 Å². The standard InChI is InChI=1S/C19H12ClF3N4O/c20-11-7-14-10(6-12(11)21)17-16(25-8-26(17)19(22)23)18(28)27(14)13-2-1-5-24-15(13)9-3-4-9/h1-2,5-9,19H,3-4H2. The maximum absolute atomic E-state index is 14.2. The van der Waals surface area contributed by atoms with E-state index in [1.807, 2.05) is 0 Å². The fourth-order valence-electron chi connectivity index (χ4n) is 3.57. The minimum absolute atomic E-state index is 0.125. The maximum Gasteiger partial charge on any atom is 0.320 e. The van der Waals surface area contributed by atoms with Crippen LogP contribution in [0.4, 0.5) is 13.2 Å². The van der Waals surface area contributed by atoms with Crippen LogP contribution in [0.3, 0.4) is 0 Å². The Hall–Kier alpha value is -2.87. The fourth-order valence-corrected chi connectivity index (χ4v) is 3.73. The van der Waals surface area contributed by atoms with Gasteiger partial charge in [0.15, 0.2) is 5.52 Å². The van der Waals surface area contributed by atoms with Gasteiger partial charge < -0.3 is 0 Å². The number of halogens is 4. The molecule has 0 amide bonds. The Morgan fingerprint density at radius 3 is 2.71 bits per heavy atom. The Balaban J connectivity index is 1.99. The molecule has 0 radical (unpaired) electrons. The largest absolute Gasteiger partial charge is 0.320 e. The molecule has 3 aromatic heterocycles. The van der Waals surface area contributed by atoms with Gasteiger partial charge in [0.25, 0.3) is 5.56 Å². The van der Waals surface area contributed by atoms with E-state index in [9.17, 15) is 18.0 Å². The Morgan fingerprint density at radius 2 is 2.00 bits per heavy atom. The van der Waals surface area contributed by atoms with Crippen molar-refractivity contribution in [3.8, 4) is 5.69 Å². The summed E-state index contributed by atoms with van der Waals surface area (Å²) in [5.74, 6) is -0.542. The molecular formula is C19H12ClF3N4O. The number of alkyl halides is 2. The molecule has 5 rings (SSSR count). The van der Waals surface area contributed by atoms with E-state index in [2.05, 4.69) is 9.97 Å². The van der Waals surface area contributed by atoms with Gasteiger partial charge in [-0.05, 0) is 37.1 Å². The van der Waals surface area contributed by atoms with Crippen LogP contribution in [0.5, 0.6) is 0 Å². The van der Waals surface area contributed by atoms with Gasteiger partial charge in [0, 0.05) is 17.5 Å². The van der Waals surface area contributed by atoms with Crippen LogP contribution >= 0.6 is 11.6 Å². The molecule has 0 saturated heterocycles. The third-order valence-electron chi connectivity index (χ3n) is 4.97. The lowest BCUT2D eigenvalue weighted by molar-refractivity contribution is 0.0748. The van der Waals surface area contributed by atoms with Crippen molar-refractivity contribution in [2.75, 3.05) is 0 Å².